The first-order valence-electron chi connectivity index (χ1n) is 8.21. The predicted octanol–water partition coefficient (Wildman–Crippen LogP) is 4.59. The zero-order valence-corrected chi connectivity index (χ0v) is 13.7. The van der Waals surface area contributed by atoms with Crippen LogP contribution >= 0.6 is 0 Å². The highest BCUT2D eigenvalue weighted by molar-refractivity contribution is 5.56. The molecular weight excluding hydrogens is 286 g/mol. The van der Waals surface area contributed by atoms with E-state index in [-0.39, 0.29) is 0 Å². The average Bonchev–Trinajstić information content (AvgIpc) is 2.91. The fraction of sp³-hybridized carbons (Fsp3) is 0.350. The molecule has 2 aromatic rings. The number of nitrogens with zero attached hydrogens (tertiary/aromatic N) is 1. The molecule has 23 heavy (non-hydrogen) atoms. The number of benzene rings is 2. The fourth-order valence-electron chi connectivity index (χ4n) is 3.31. The molecule has 1 heterocycles. The summed E-state index contributed by atoms with van der Waals surface area (Å²) in [6, 6.07) is 16.5. The minimum atomic E-state index is 0.325. The number of anilines is 1. The van der Waals surface area contributed by atoms with Gasteiger partial charge < -0.3 is 14.4 Å². The Morgan fingerprint density at radius 2 is 1.91 bits per heavy atom. The van der Waals surface area contributed by atoms with E-state index in [1.807, 2.05) is 43.3 Å². The van der Waals surface area contributed by atoms with Crippen molar-refractivity contribution >= 4 is 12.0 Å². The van der Waals surface area contributed by atoms with Crippen molar-refractivity contribution in [2.75, 3.05) is 11.4 Å². The van der Waals surface area contributed by atoms with E-state index in [2.05, 4.69) is 24.0 Å². The second-order valence-corrected chi connectivity index (χ2v) is 6.41. The maximum absolute atomic E-state index is 10.9. The summed E-state index contributed by atoms with van der Waals surface area (Å²) in [4.78, 5) is 13.2. The summed E-state index contributed by atoms with van der Waals surface area (Å²) < 4.78 is 5.95. The summed E-state index contributed by atoms with van der Waals surface area (Å²) in [7, 11) is 0. The number of hydrogen-bond acceptors (Lipinski definition) is 3. The molecule has 2 atom stereocenters. The summed E-state index contributed by atoms with van der Waals surface area (Å²) >= 11 is 0. The van der Waals surface area contributed by atoms with Gasteiger partial charge >= 0.3 is 0 Å². The lowest BCUT2D eigenvalue weighted by Crippen LogP contribution is -2.29. The Balaban J connectivity index is 1.74. The molecule has 0 spiro atoms. The zero-order valence-electron chi connectivity index (χ0n) is 13.7. The van der Waals surface area contributed by atoms with Crippen LogP contribution in [0.2, 0.25) is 0 Å². The van der Waals surface area contributed by atoms with Crippen LogP contribution in [-0.2, 0) is 4.79 Å². The molecule has 1 aliphatic rings. The maximum Gasteiger partial charge on any atom is 0.130 e. The van der Waals surface area contributed by atoms with E-state index in [0.29, 0.717) is 18.4 Å². The Labute approximate surface area is 137 Å². The molecule has 0 aliphatic carbocycles. The van der Waals surface area contributed by atoms with Crippen LogP contribution in [0.5, 0.6) is 11.5 Å². The van der Waals surface area contributed by atoms with Gasteiger partial charge in [0.05, 0.1) is 0 Å². The first-order chi connectivity index (χ1) is 11.2. The predicted molar refractivity (Wildman–Crippen MR) is 93.3 cm³/mol. The van der Waals surface area contributed by atoms with Crippen molar-refractivity contribution < 1.29 is 9.53 Å². The molecule has 0 amide bonds. The Morgan fingerprint density at radius 1 is 1.17 bits per heavy atom. The van der Waals surface area contributed by atoms with Crippen LogP contribution < -0.4 is 9.64 Å². The second-order valence-electron chi connectivity index (χ2n) is 6.41. The maximum atomic E-state index is 10.9. The minimum absolute atomic E-state index is 0.325. The van der Waals surface area contributed by atoms with Crippen molar-refractivity contribution in [3.05, 3.63) is 54.1 Å². The van der Waals surface area contributed by atoms with Gasteiger partial charge in [-0.3, -0.25) is 0 Å². The number of aldehydes is 1. The highest BCUT2D eigenvalue weighted by Crippen LogP contribution is 2.32. The molecule has 0 radical (unpaired) electrons. The Morgan fingerprint density at radius 3 is 2.61 bits per heavy atom. The standard InChI is InChI=1S/C20H23NO2/c1-15-13-18(11-12-22)21(14-15)17-7-9-19(10-8-17)23-20-6-4-3-5-16(20)2/h3-10,12,15,18H,11,13-14H2,1-2H3. The van der Waals surface area contributed by atoms with Gasteiger partial charge in [-0.25, -0.2) is 0 Å². The Bertz CT molecular complexity index is 666. The van der Waals surface area contributed by atoms with Gasteiger partial charge in [0.1, 0.15) is 17.8 Å². The molecule has 0 aromatic heterocycles. The van der Waals surface area contributed by atoms with E-state index in [1.165, 1.54) is 5.69 Å². The third kappa shape index (κ3) is 3.55. The normalized spacial score (nSPS) is 20.5. The minimum Gasteiger partial charge on any atom is -0.457 e. The van der Waals surface area contributed by atoms with Crippen molar-refractivity contribution in [2.45, 2.75) is 32.7 Å². The molecule has 1 saturated heterocycles. The van der Waals surface area contributed by atoms with E-state index >= 15 is 0 Å². The first kappa shape index (κ1) is 15.6. The number of carbonyl (C=O) groups excluding carboxylic acids is 1. The van der Waals surface area contributed by atoms with Gasteiger partial charge in [-0.2, -0.15) is 0 Å². The summed E-state index contributed by atoms with van der Waals surface area (Å²) in [5, 5.41) is 0. The summed E-state index contributed by atoms with van der Waals surface area (Å²) in [6.07, 6.45) is 2.72. The third-order valence-corrected chi connectivity index (χ3v) is 4.48. The highest BCUT2D eigenvalue weighted by atomic mass is 16.5. The SMILES string of the molecule is Cc1ccccc1Oc1ccc(N2CC(C)CC2CC=O)cc1. The summed E-state index contributed by atoms with van der Waals surface area (Å²) in [6.45, 7) is 5.29. The summed E-state index contributed by atoms with van der Waals surface area (Å²) in [5.41, 5.74) is 2.29. The van der Waals surface area contributed by atoms with Crippen LogP contribution in [0.4, 0.5) is 5.69 Å². The molecule has 120 valence electrons. The van der Waals surface area contributed by atoms with Gasteiger partial charge in [-0.15, -0.1) is 0 Å². The van der Waals surface area contributed by atoms with Crippen LogP contribution in [0.3, 0.4) is 0 Å². The smallest absolute Gasteiger partial charge is 0.130 e. The molecular formula is C20H23NO2. The molecule has 3 nitrogen and oxygen atoms in total. The number of hydrogen-bond donors (Lipinski definition) is 0. The molecule has 2 unspecified atom stereocenters. The van der Waals surface area contributed by atoms with Gasteiger partial charge in [0.25, 0.3) is 0 Å². The molecule has 3 rings (SSSR count). The lowest BCUT2D eigenvalue weighted by Gasteiger charge is -2.25. The lowest BCUT2D eigenvalue weighted by atomic mass is 10.1. The highest BCUT2D eigenvalue weighted by Gasteiger charge is 2.29. The van der Waals surface area contributed by atoms with Crippen LogP contribution in [0, 0.1) is 12.8 Å². The molecule has 2 aromatic carbocycles. The Kier molecular flexibility index (Phi) is 4.65. The van der Waals surface area contributed by atoms with E-state index in [4.69, 9.17) is 4.74 Å². The van der Waals surface area contributed by atoms with Crippen molar-refractivity contribution in [3.8, 4) is 11.5 Å². The molecule has 0 bridgehead atoms. The number of para-hydroxylation sites is 1. The van der Waals surface area contributed by atoms with Crippen LogP contribution in [-0.4, -0.2) is 18.9 Å². The zero-order chi connectivity index (χ0) is 16.2. The van der Waals surface area contributed by atoms with Gasteiger partial charge in [-0.05, 0) is 55.2 Å². The van der Waals surface area contributed by atoms with Crippen molar-refractivity contribution in [1.29, 1.82) is 0 Å². The third-order valence-electron chi connectivity index (χ3n) is 4.48. The van der Waals surface area contributed by atoms with Crippen LogP contribution in [0.1, 0.15) is 25.3 Å². The summed E-state index contributed by atoms with van der Waals surface area (Å²) in [5.74, 6) is 2.35. The van der Waals surface area contributed by atoms with Crippen molar-refractivity contribution in [3.63, 3.8) is 0 Å². The topological polar surface area (TPSA) is 29.5 Å². The van der Waals surface area contributed by atoms with E-state index in [1.54, 1.807) is 0 Å². The molecule has 0 N–H and O–H groups in total. The number of rotatable bonds is 5. The van der Waals surface area contributed by atoms with Crippen LogP contribution in [0.25, 0.3) is 0 Å². The van der Waals surface area contributed by atoms with Gasteiger partial charge in [-0.1, -0.05) is 25.1 Å². The Hall–Kier alpha value is -2.29. The van der Waals surface area contributed by atoms with Gasteiger partial charge in [0.2, 0.25) is 0 Å². The van der Waals surface area contributed by atoms with E-state index in [0.717, 1.165) is 36.3 Å². The number of carbonyl (C=O) groups is 1. The van der Waals surface area contributed by atoms with E-state index in [9.17, 15) is 4.79 Å². The van der Waals surface area contributed by atoms with E-state index < -0.39 is 0 Å². The van der Waals surface area contributed by atoms with Crippen LogP contribution in [0.15, 0.2) is 48.5 Å². The number of aryl methyl sites for hydroxylation is 1. The molecule has 1 aliphatic heterocycles. The van der Waals surface area contributed by atoms with Crippen molar-refractivity contribution in [1.82, 2.24) is 0 Å². The largest absolute Gasteiger partial charge is 0.457 e. The lowest BCUT2D eigenvalue weighted by molar-refractivity contribution is -0.108. The first-order valence-corrected chi connectivity index (χ1v) is 8.21. The molecule has 3 heteroatoms. The number of ether oxygens (including phenoxy) is 1. The molecule has 1 fully saturated rings. The van der Waals surface area contributed by atoms with Gasteiger partial charge in [0, 0.05) is 24.7 Å². The molecule has 0 saturated carbocycles. The quantitative estimate of drug-likeness (QED) is 0.756. The second kappa shape index (κ2) is 6.86. The van der Waals surface area contributed by atoms with Crippen molar-refractivity contribution in [2.24, 2.45) is 5.92 Å². The monoisotopic (exact) mass is 309 g/mol. The fourth-order valence-corrected chi connectivity index (χ4v) is 3.31. The van der Waals surface area contributed by atoms with Gasteiger partial charge in [0.15, 0.2) is 0 Å². The average molecular weight is 309 g/mol.